The molecule has 0 atom stereocenters. The summed E-state index contributed by atoms with van der Waals surface area (Å²) in [5.41, 5.74) is 15.2. The Kier molecular flexibility index (Phi) is 11.9. The van der Waals surface area contributed by atoms with E-state index in [9.17, 15) is 0 Å². The van der Waals surface area contributed by atoms with Crippen LogP contribution in [-0.2, 0) is 21.1 Å². The van der Waals surface area contributed by atoms with E-state index in [0.29, 0.717) is 5.56 Å². The van der Waals surface area contributed by atoms with Crippen molar-refractivity contribution in [2.45, 2.75) is 48.4 Å². The molecule has 0 aliphatic rings. The maximum atomic E-state index is 7.66. The van der Waals surface area contributed by atoms with Crippen molar-refractivity contribution in [2.75, 3.05) is 0 Å². The Morgan fingerprint density at radius 2 is 0.633 bits per heavy atom. The zero-order valence-corrected chi connectivity index (χ0v) is 48.5. The van der Waals surface area contributed by atoms with Crippen molar-refractivity contribution < 1.29 is 17.8 Å². The predicted octanol–water partition coefficient (Wildman–Crippen LogP) is 19.3. The van der Waals surface area contributed by atoms with Crippen LogP contribution in [0.4, 0.5) is 0 Å². The van der Waals surface area contributed by atoms with E-state index in [4.69, 9.17) is 4.11 Å². The molecule has 6 heteroatoms. The highest BCUT2D eigenvalue weighted by Gasteiger charge is 2.21. The van der Waals surface area contributed by atoms with Crippen LogP contribution in [0.5, 0.6) is 0 Å². The van der Waals surface area contributed by atoms with Crippen molar-refractivity contribution in [3.05, 3.63) is 233 Å². The summed E-state index contributed by atoms with van der Waals surface area (Å²) < 4.78 is 37.6. The van der Waals surface area contributed by atoms with E-state index in [0.717, 1.165) is 16.8 Å². The number of aryl methyl sites for hydroxylation is 10. The van der Waals surface area contributed by atoms with E-state index in [2.05, 4.69) is 246 Å². The first-order chi connectivity index (χ1) is 39.4. The first kappa shape index (κ1) is 46.9. The highest BCUT2D eigenvalue weighted by molar-refractivity contribution is 7.26. The van der Waals surface area contributed by atoms with Gasteiger partial charge in [0.05, 0.1) is 16.2 Å². The zero-order valence-electron chi connectivity index (χ0n) is 49.0. The molecule has 0 N–H and O–H groups in total. The van der Waals surface area contributed by atoms with Gasteiger partial charge in [0, 0.05) is 83.4 Å². The number of nitrogens with zero attached hydrogens (tertiary/aromatic N) is 3. The fraction of sp³-hybridized carbons (Fsp3) is 0.137. The second-order valence-electron chi connectivity index (χ2n) is 21.7. The summed E-state index contributed by atoms with van der Waals surface area (Å²) >= 11 is 5.59. The molecule has 0 aliphatic carbocycles. The van der Waals surface area contributed by atoms with Gasteiger partial charge in [-0.1, -0.05) is 125 Å². The van der Waals surface area contributed by atoms with E-state index in [1.807, 2.05) is 47.0 Å². The van der Waals surface area contributed by atoms with Crippen LogP contribution in [0.15, 0.2) is 195 Å². The van der Waals surface area contributed by atoms with Crippen LogP contribution >= 0.6 is 34.0 Å². The molecule has 79 heavy (non-hydrogen) atoms. The molecule has 6 heterocycles. The third-order valence-corrected chi connectivity index (χ3v) is 19.2. The third kappa shape index (κ3) is 9.32. The summed E-state index contributed by atoms with van der Waals surface area (Å²) in [6, 6.07) is 63.5. The average molecular weight is 1080 g/mol. The number of aromatic nitrogens is 3. The monoisotopic (exact) mass is 1080 g/mol. The van der Waals surface area contributed by atoms with Gasteiger partial charge in [0.15, 0.2) is 18.6 Å². The van der Waals surface area contributed by atoms with Crippen molar-refractivity contribution in [2.24, 2.45) is 21.1 Å². The zero-order chi connectivity index (χ0) is 56.9. The Balaban J connectivity index is 0.000000116. The molecule has 0 aliphatic heterocycles. The van der Waals surface area contributed by atoms with E-state index in [-0.39, 0.29) is 0 Å². The first-order valence-electron chi connectivity index (χ1n) is 28.4. The molecule has 15 aromatic rings. The maximum absolute atomic E-state index is 7.66. The molecule has 3 nitrogen and oxygen atoms in total. The number of hydrogen-bond acceptors (Lipinski definition) is 3. The van der Waals surface area contributed by atoms with Crippen LogP contribution < -0.4 is 13.7 Å². The Labute approximate surface area is 478 Å². The van der Waals surface area contributed by atoms with E-state index >= 15 is 0 Å². The molecule has 0 radical (unpaired) electrons. The normalized spacial score (nSPS) is 12.4. The van der Waals surface area contributed by atoms with Gasteiger partial charge < -0.3 is 0 Å². The van der Waals surface area contributed by atoms with Crippen molar-refractivity contribution in [3.8, 4) is 33.8 Å². The van der Waals surface area contributed by atoms with Crippen LogP contribution in [-0.4, -0.2) is 0 Å². The van der Waals surface area contributed by atoms with Crippen molar-refractivity contribution in [3.63, 3.8) is 0 Å². The summed E-state index contributed by atoms with van der Waals surface area (Å²) in [4.78, 5) is 0. The topological polar surface area (TPSA) is 11.6 Å². The lowest BCUT2D eigenvalue weighted by Gasteiger charge is -2.06. The lowest BCUT2D eigenvalue weighted by molar-refractivity contribution is -0.659. The Bertz CT molecular complexity index is 5100. The number of rotatable bonds is 3. The fourth-order valence-electron chi connectivity index (χ4n) is 11.7. The summed E-state index contributed by atoms with van der Waals surface area (Å²) in [5, 5.41) is 15.7. The molecule has 6 aromatic heterocycles. The van der Waals surface area contributed by atoms with Crippen molar-refractivity contribution in [1.29, 1.82) is 0 Å². The average Bonchev–Trinajstić information content (AvgIpc) is 3.90. The van der Waals surface area contributed by atoms with Crippen LogP contribution in [0, 0.1) is 48.4 Å². The van der Waals surface area contributed by atoms with Crippen molar-refractivity contribution >= 4 is 127 Å². The van der Waals surface area contributed by atoms with Gasteiger partial charge in [-0.15, -0.1) is 34.0 Å². The molecule has 0 saturated carbocycles. The molecule has 0 unspecified atom stereocenters. The minimum atomic E-state index is -2.08. The molecule has 0 spiro atoms. The molecule has 0 amide bonds. The van der Waals surface area contributed by atoms with Crippen LogP contribution in [0.3, 0.4) is 0 Å². The standard InChI is InChI=1S/2C25H22NS.C23H18NS/c2*1-15-6-8-20(17(3)9-15)23-13-25-22(14-26(23)4)21-11-18-7-5-16(2)10-19(18)12-24(21)27-25;1-15-7-3-6-10-18(15)21-13-23-20(14-24(21)2)19-11-16-8-4-5-9-17(16)12-22(19)25-23/h2*5-14H,1-4H3;3-14H,1-2H3/q3*+1/i1D3;;. The Morgan fingerprint density at radius 3 is 1.08 bits per heavy atom. The summed E-state index contributed by atoms with van der Waals surface area (Å²) in [7, 11) is 6.35. The van der Waals surface area contributed by atoms with Gasteiger partial charge in [0.25, 0.3) is 0 Å². The molecular formula is C73H62N3S3+3. The fourth-order valence-corrected chi connectivity index (χ4v) is 15.2. The lowest BCUT2D eigenvalue weighted by Crippen LogP contribution is -2.30. The van der Waals surface area contributed by atoms with Crippen LogP contribution in [0.25, 0.3) is 127 Å². The van der Waals surface area contributed by atoms with E-state index in [1.54, 1.807) is 12.1 Å². The molecule has 384 valence electrons. The summed E-state index contributed by atoms with van der Waals surface area (Å²) in [5.74, 6) is 0. The van der Waals surface area contributed by atoms with Gasteiger partial charge in [-0.2, -0.15) is 0 Å². The third-order valence-electron chi connectivity index (χ3n) is 15.9. The number of pyridine rings is 3. The van der Waals surface area contributed by atoms with Gasteiger partial charge in [-0.05, 0) is 152 Å². The van der Waals surface area contributed by atoms with Gasteiger partial charge in [-0.3, -0.25) is 0 Å². The summed E-state index contributed by atoms with van der Waals surface area (Å²) in [6.07, 6.45) is 6.77. The van der Waals surface area contributed by atoms with Crippen LogP contribution in [0.2, 0.25) is 0 Å². The summed E-state index contributed by atoms with van der Waals surface area (Å²) in [6.45, 7) is 10.7. The second kappa shape index (κ2) is 20.0. The quantitative estimate of drug-likeness (QED) is 0.156. The molecule has 15 rings (SSSR count). The molecule has 0 bridgehead atoms. The largest absolute Gasteiger partial charge is 0.213 e. The molecule has 0 saturated heterocycles. The van der Waals surface area contributed by atoms with E-state index < -0.39 is 6.85 Å². The van der Waals surface area contributed by atoms with Crippen LogP contribution in [0.1, 0.15) is 43.1 Å². The molecular weight excluding hydrogens is 1020 g/mol. The minimum Gasteiger partial charge on any atom is -0.200 e. The SMILES string of the molecule is Cc1ccc(-c2cc3sc4cc5cc(C)ccc5cc4c3c[n+]2C)c(C)c1.Cc1ccccc1-c1cc2sc3cc4ccccc4cc3c2c[n+]1C.[2H]C([2H])([2H])c1ccc(-c2cc3sc4cc5cc(C)ccc5cc4c3c[n+]2C)c(C)c1. The number of hydrogen-bond donors (Lipinski definition) is 0. The van der Waals surface area contributed by atoms with Gasteiger partial charge >= 0.3 is 0 Å². The molecule has 9 aromatic carbocycles. The minimum absolute atomic E-state index is 0.385. The predicted molar refractivity (Wildman–Crippen MR) is 344 cm³/mol. The highest BCUT2D eigenvalue weighted by Crippen LogP contribution is 2.41. The second-order valence-corrected chi connectivity index (χ2v) is 25.0. The highest BCUT2D eigenvalue weighted by atomic mass is 32.1. The first-order valence-corrected chi connectivity index (χ1v) is 29.4. The van der Waals surface area contributed by atoms with Gasteiger partial charge in [0.1, 0.15) is 21.1 Å². The van der Waals surface area contributed by atoms with Crippen molar-refractivity contribution in [1.82, 2.24) is 0 Å². The lowest BCUT2D eigenvalue weighted by atomic mass is 10.0. The number of benzene rings is 9. The number of fused-ring (bicyclic) bond motifs is 12. The van der Waals surface area contributed by atoms with E-state index in [1.165, 1.54) is 143 Å². The number of thiophene rings is 3. The smallest absolute Gasteiger partial charge is 0.200 e. The Hall–Kier alpha value is -8.13. The van der Waals surface area contributed by atoms with Gasteiger partial charge in [0.2, 0.25) is 17.1 Å². The maximum Gasteiger partial charge on any atom is 0.213 e. The molecule has 0 fully saturated rings. The Morgan fingerprint density at radius 1 is 0.291 bits per heavy atom. The van der Waals surface area contributed by atoms with Gasteiger partial charge in [-0.25, -0.2) is 13.7 Å².